The van der Waals surface area contributed by atoms with Gasteiger partial charge in [-0.15, -0.1) is 0 Å². The predicted molar refractivity (Wildman–Crippen MR) is 127 cm³/mol. The SMILES string of the molecule is Nc1nc2ncc(CCc3ccc(C(=O)N[C@@H](CCC(=O)C4CCC4)C(=O)O)cc3)nc2c(=O)[nH]1. The van der Waals surface area contributed by atoms with Crippen LogP contribution in [0.4, 0.5) is 5.95 Å². The van der Waals surface area contributed by atoms with Crippen LogP contribution in [0.1, 0.15) is 53.7 Å². The number of rotatable bonds is 10. The number of anilines is 1. The van der Waals surface area contributed by atoms with E-state index in [-0.39, 0.29) is 41.7 Å². The summed E-state index contributed by atoms with van der Waals surface area (Å²) in [7, 11) is 0. The number of amides is 1. The summed E-state index contributed by atoms with van der Waals surface area (Å²) in [4.78, 5) is 63.0. The number of fused-ring (bicyclic) bond motifs is 1. The van der Waals surface area contributed by atoms with E-state index in [2.05, 4.69) is 25.3 Å². The van der Waals surface area contributed by atoms with Crippen LogP contribution in [0.25, 0.3) is 11.2 Å². The quantitative estimate of drug-likeness (QED) is 0.335. The van der Waals surface area contributed by atoms with Crippen LogP contribution in [0, 0.1) is 5.92 Å². The van der Waals surface area contributed by atoms with Gasteiger partial charge in [0, 0.05) is 17.9 Å². The summed E-state index contributed by atoms with van der Waals surface area (Å²) in [6.45, 7) is 0. The van der Waals surface area contributed by atoms with E-state index in [1.807, 2.05) is 0 Å². The van der Waals surface area contributed by atoms with Crippen LogP contribution in [0.5, 0.6) is 0 Å². The molecule has 0 unspecified atom stereocenters. The molecular formula is C24H26N6O5. The van der Waals surface area contributed by atoms with Crippen LogP contribution in [0.3, 0.4) is 0 Å². The highest BCUT2D eigenvalue weighted by Crippen LogP contribution is 2.28. The summed E-state index contributed by atoms with van der Waals surface area (Å²) in [6, 6.07) is 5.66. The number of aryl methyl sites for hydroxylation is 2. The Morgan fingerprint density at radius 2 is 1.89 bits per heavy atom. The molecule has 1 saturated carbocycles. The Hall–Kier alpha value is -4.15. The Labute approximate surface area is 200 Å². The molecule has 3 aromatic rings. The first-order valence-electron chi connectivity index (χ1n) is 11.5. The fourth-order valence-electron chi connectivity index (χ4n) is 3.91. The monoisotopic (exact) mass is 478 g/mol. The minimum Gasteiger partial charge on any atom is -0.480 e. The number of aliphatic carboxylic acids is 1. The van der Waals surface area contributed by atoms with Crippen LogP contribution in [0.2, 0.25) is 0 Å². The number of carboxylic acid groups (broad SMARTS) is 1. The first-order chi connectivity index (χ1) is 16.8. The van der Waals surface area contributed by atoms with Crippen molar-refractivity contribution in [2.45, 2.75) is 51.0 Å². The Bertz CT molecular complexity index is 1320. The summed E-state index contributed by atoms with van der Waals surface area (Å²) in [6.07, 6.45) is 5.63. The minimum atomic E-state index is -1.16. The number of aromatic nitrogens is 4. The average Bonchev–Trinajstić information content (AvgIpc) is 2.79. The van der Waals surface area contributed by atoms with Crippen molar-refractivity contribution in [1.82, 2.24) is 25.3 Å². The topological polar surface area (TPSA) is 181 Å². The van der Waals surface area contributed by atoms with Gasteiger partial charge in [0.15, 0.2) is 11.2 Å². The van der Waals surface area contributed by atoms with Gasteiger partial charge >= 0.3 is 5.97 Å². The number of hydrogen-bond donors (Lipinski definition) is 4. The molecule has 11 nitrogen and oxygen atoms in total. The van der Waals surface area contributed by atoms with Gasteiger partial charge in [-0.05, 0) is 49.8 Å². The van der Waals surface area contributed by atoms with Gasteiger partial charge in [-0.3, -0.25) is 19.4 Å². The molecule has 0 spiro atoms. The standard InChI is InChI=1S/C24H26N6O5/c25-24-29-20-19(22(33)30-24)27-16(12-26-20)9-6-13-4-7-15(8-5-13)21(32)28-17(23(34)35)10-11-18(31)14-2-1-3-14/h4-5,7-8,12,14,17H,1-3,6,9-11H2,(H,28,32)(H,34,35)(H3,25,26,29,30,33)/t17-/m0/s1. The maximum Gasteiger partial charge on any atom is 0.326 e. The Morgan fingerprint density at radius 3 is 2.54 bits per heavy atom. The lowest BCUT2D eigenvalue weighted by atomic mass is 9.80. The fourth-order valence-corrected chi connectivity index (χ4v) is 3.91. The van der Waals surface area contributed by atoms with Gasteiger partial charge in [0.25, 0.3) is 11.5 Å². The van der Waals surface area contributed by atoms with Gasteiger partial charge in [-0.2, -0.15) is 4.98 Å². The molecule has 1 amide bonds. The zero-order chi connectivity index (χ0) is 24.9. The molecule has 1 aliphatic carbocycles. The third kappa shape index (κ3) is 5.86. The van der Waals surface area contributed by atoms with Crippen LogP contribution in [0.15, 0.2) is 35.3 Å². The molecular weight excluding hydrogens is 452 g/mol. The maximum absolute atomic E-state index is 12.6. The van der Waals surface area contributed by atoms with Crippen molar-refractivity contribution in [3.8, 4) is 0 Å². The number of carbonyl (C=O) groups is 3. The third-order valence-electron chi connectivity index (χ3n) is 6.22. The number of nitrogens with one attached hydrogen (secondary N) is 2. The van der Waals surface area contributed by atoms with E-state index in [1.54, 1.807) is 24.3 Å². The van der Waals surface area contributed by atoms with Gasteiger partial charge in [-0.1, -0.05) is 18.6 Å². The number of nitrogens with two attached hydrogens (primary N) is 1. The van der Waals surface area contributed by atoms with Crippen LogP contribution < -0.4 is 16.6 Å². The summed E-state index contributed by atoms with van der Waals surface area (Å²) in [5, 5.41) is 12.0. The van der Waals surface area contributed by atoms with E-state index in [4.69, 9.17) is 5.73 Å². The number of ketones is 1. The van der Waals surface area contributed by atoms with E-state index in [9.17, 15) is 24.3 Å². The Balaban J connectivity index is 1.33. The molecule has 2 aromatic heterocycles. The molecule has 11 heteroatoms. The molecule has 0 aliphatic heterocycles. The van der Waals surface area contributed by atoms with Crippen molar-refractivity contribution in [1.29, 1.82) is 0 Å². The number of Topliss-reactive ketones (excluding diaryl/α,β-unsaturated/α-hetero) is 1. The molecule has 0 radical (unpaired) electrons. The van der Waals surface area contributed by atoms with Gasteiger partial charge in [-0.25, -0.2) is 14.8 Å². The first kappa shape index (κ1) is 24.0. The van der Waals surface area contributed by atoms with Crippen molar-refractivity contribution in [3.63, 3.8) is 0 Å². The molecule has 0 saturated heterocycles. The zero-order valence-electron chi connectivity index (χ0n) is 19.0. The molecule has 1 atom stereocenters. The number of aromatic amines is 1. The van der Waals surface area contributed by atoms with Gasteiger partial charge in [0.05, 0.1) is 11.9 Å². The number of nitrogen functional groups attached to an aromatic ring is 1. The molecule has 35 heavy (non-hydrogen) atoms. The van der Waals surface area contributed by atoms with Crippen molar-refractivity contribution < 1.29 is 19.5 Å². The summed E-state index contributed by atoms with van der Waals surface area (Å²) >= 11 is 0. The number of hydrogen-bond acceptors (Lipinski definition) is 8. The average molecular weight is 479 g/mol. The van der Waals surface area contributed by atoms with Crippen molar-refractivity contribution in [2.75, 3.05) is 5.73 Å². The van der Waals surface area contributed by atoms with Crippen LogP contribution in [-0.2, 0) is 22.4 Å². The van der Waals surface area contributed by atoms with E-state index in [0.717, 1.165) is 24.8 Å². The highest BCUT2D eigenvalue weighted by molar-refractivity contribution is 5.96. The highest BCUT2D eigenvalue weighted by Gasteiger charge is 2.27. The second-order valence-corrected chi connectivity index (χ2v) is 8.68. The smallest absolute Gasteiger partial charge is 0.326 e. The van der Waals surface area contributed by atoms with E-state index >= 15 is 0 Å². The second kappa shape index (κ2) is 10.4. The number of carbonyl (C=O) groups excluding carboxylic acids is 2. The highest BCUT2D eigenvalue weighted by atomic mass is 16.4. The lowest BCUT2D eigenvalue weighted by Gasteiger charge is -2.24. The number of carboxylic acids is 1. The Morgan fingerprint density at radius 1 is 1.14 bits per heavy atom. The molecule has 1 fully saturated rings. The molecule has 0 bridgehead atoms. The van der Waals surface area contributed by atoms with E-state index in [0.29, 0.717) is 24.1 Å². The first-order valence-corrected chi connectivity index (χ1v) is 11.5. The van der Waals surface area contributed by atoms with Crippen molar-refractivity contribution in [2.24, 2.45) is 5.92 Å². The predicted octanol–water partition coefficient (Wildman–Crippen LogP) is 1.41. The molecule has 182 valence electrons. The molecule has 5 N–H and O–H groups in total. The maximum atomic E-state index is 12.6. The molecule has 1 aliphatic rings. The van der Waals surface area contributed by atoms with Gasteiger partial charge < -0.3 is 16.2 Å². The number of nitrogens with zero attached hydrogens (tertiary/aromatic N) is 3. The lowest BCUT2D eigenvalue weighted by molar-refractivity contribution is -0.139. The van der Waals surface area contributed by atoms with E-state index < -0.39 is 23.5 Å². The normalized spacial score (nSPS) is 14.3. The lowest BCUT2D eigenvalue weighted by Crippen LogP contribution is -2.41. The largest absolute Gasteiger partial charge is 0.480 e. The summed E-state index contributed by atoms with van der Waals surface area (Å²) in [5.41, 5.74) is 7.21. The fraction of sp³-hybridized carbons (Fsp3) is 0.375. The number of H-pyrrole nitrogens is 1. The minimum absolute atomic E-state index is 0.0227. The molecule has 4 rings (SSSR count). The number of benzene rings is 1. The van der Waals surface area contributed by atoms with Gasteiger partial charge in [0.2, 0.25) is 5.95 Å². The molecule has 1 aromatic carbocycles. The van der Waals surface area contributed by atoms with Gasteiger partial charge in [0.1, 0.15) is 11.8 Å². The van der Waals surface area contributed by atoms with E-state index in [1.165, 1.54) is 6.20 Å². The van der Waals surface area contributed by atoms with Crippen molar-refractivity contribution in [3.05, 3.63) is 57.6 Å². The molecule has 2 heterocycles. The summed E-state index contributed by atoms with van der Waals surface area (Å²) < 4.78 is 0. The second-order valence-electron chi connectivity index (χ2n) is 8.68. The van der Waals surface area contributed by atoms with Crippen LogP contribution >= 0.6 is 0 Å². The summed E-state index contributed by atoms with van der Waals surface area (Å²) in [5.74, 6) is -1.58. The van der Waals surface area contributed by atoms with Crippen LogP contribution in [-0.4, -0.2) is 48.7 Å². The van der Waals surface area contributed by atoms with Crippen molar-refractivity contribution >= 4 is 34.8 Å². The Kier molecular flexibility index (Phi) is 7.14. The zero-order valence-corrected chi connectivity index (χ0v) is 19.0. The third-order valence-corrected chi connectivity index (χ3v) is 6.22.